The highest BCUT2D eigenvalue weighted by Crippen LogP contribution is 2.33. The van der Waals surface area contributed by atoms with Crippen LogP contribution in [0.15, 0.2) is 106 Å². The summed E-state index contributed by atoms with van der Waals surface area (Å²) in [6.07, 6.45) is 0.213. The van der Waals surface area contributed by atoms with Gasteiger partial charge in [0, 0.05) is 34.6 Å². The minimum atomic E-state index is -4.35. The first-order chi connectivity index (χ1) is 22.4. The zero-order valence-electron chi connectivity index (χ0n) is 26.5. The van der Waals surface area contributed by atoms with Gasteiger partial charge in [0.1, 0.15) is 12.6 Å². The summed E-state index contributed by atoms with van der Waals surface area (Å²) in [6.45, 7) is 3.14. The monoisotopic (exact) mass is 741 g/mol. The first kappa shape index (κ1) is 35.8. The Hall–Kier alpha value is -4.06. The third-order valence-electron chi connectivity index (χ3n) is 7.30. The molecular formula is C35H37BrClN3O6S. The molecule has 0 aliphatic carbocycles. The van der Waals surface area contributed by atoms with Crippen LogP contribution in [0.25, 0.3) is 0 Å². The highest BCUT2D eigenvalue weighted by molar-refractivity contribution is 9.10. The van der Waals surface area contributed by atoms with Crippen LogP contribution in [-0.4, -0.2) is 58.0 Å². The van der Waals surface area contributed by atoms with Gasteiger partial charge in [-0.1, -0.05) is 70.0 Å². The molecule has 0 radical (unpaired) electrons. The van der Waals surface area contributed by atoms with E-state index in [9.17, 15) is 18.0 Å². The number of benzene rings is 4. The quantitative estimate of drug-likeness (QED) is 0.159. The highest BCUT2D eigenvalue weighted by Gasteiger charge is 2.35. The van der Waals surface area contributed by atoms with Crippen molar-refractivity contribution in [2.75, 3.05) is 25.1 Å². The molecule has 0 saturated heterocycles. The number of methoxy groups -OCH3 is 2. The molecule has 4 rings (SSSR count). The van der Waals surface area contributed by atoms with E-state index in [-0.39, 0.29) is 41.2 Å². The molecule has 0 aliphatic heterocycles. The van der Waals surface area contributed by atoms with Gasteiger partial charge in [0.25, 0.3) is 10.0 Å². The summed E-state index contributed by atoms with van der Waals surface area (Å²) in [6, 6.07) is 26.0. The fraction of sp³-hybridized carbons (Fsp3) is 0.257. The second-order valence-electron chi connectivity index (χ2n) is 11.0. The number of sulfonamides is 1. The fourth-order valence-corrected chi connectivity index (χ4v) is 6.78. The molecule has 0 heterocycles. The molecule has 0 spiro atoms. The van der Waals surface area contributed by atoms with E-state index in [1.807, 2.05) is 68.4 Å². The van der Waals surface area contributed by atoms with E-state index in [0.717, 1.165) is 19.9 Å². The van der Waals surface area contributed by atoms with Crippen LogP contribution in [0.5, 0.6) is 11.5 Å². The van der Waals surface area contributed by atoms with Crippen molar-refractivity contribution in [1.82, 2.24) is 10.2 Å². The van der Waals surface area contributed by atoms with Crippen molar-refractivity contribution in [2.24, 2.45) is 0 Å². The van der Waals surface area contributed by atoms with Crippen molar-refractivity contribution in [2.45, 2.75) is 43.8 Å². The Labute approximate surface area is 289 Å². The van der Waals surface area contributed by atoms with E-state index in [1.165, 1.54) is 49.5 Å². The van der Waals surface area contributed by atoms with Gasteiger partial charge >= 0.3 is 0 Å². The van der Waals surface area contributed by atoms with Gasteiger partial charge in [-0.2, -0.15) is 0 Å². The number of hydrogen-bond donors (Lipinski definition) is 1. The van der Waals surface area contributed by atoms with Crippen LogP contribution in [0.2, 0.25) is 5.02 Å². The summed E-state index contributed by atoms with van der Waals surface area (Å²) in [4.78, 5) is 29.7. The van der Waals surface area contributed by atoms with Gasteiger partial charge in [0.05, 0.1) is 24.8 Å². The predicted octanol–water partition coefficient (Wildman–Crippen LogP) is 6.48. The van der Waals surface area contributed by atoms with Gasteiger partial charge in [-0.25, -0.2) is 8.42 Å². The lowest BCUT2D eigenvalue weighted by Crippen LogP contribution is -2.54. The van der Waals surface area contributed by atoms with Crippen LogP contribution in [0.1, 0.15) is 25.0 Å². The number of ether oxygens (including phenoxy) is 2. The second-order valence-corrected chi connectivity index (χ2v) is 14.2. The molecule has 0 aliphatic rings. The molecule has 0 bridgehead atoms. The number of halogens is 2. The van der Waals surface area contributed by atoms with Crippen LogP contribution >= 0.6 is 27.5 Å². The van der Waals surface area contributed by atoms with Crippen LogP contribution in [0.4, 0.5) is 5.69 Å². The summed E-state index contributed by atoms with van der Waals surface area (Å²) in [5.41, 5.74) is 1.82. The summed E-state index contributed by atoms with van der Waals surface area (Å²) in [7, 11) is -1.50. The lowest BCUT2D eigenvalue weighted by Gasteiger charge is -2.34. The Balaban J connectivity index is 1.82. The molecule has 0 unspecified atom stereocenters. The number of hydrogen-bond acceptors (Lipinski definition) is 6. The zero-order valence-corrected chi connectivity index (χ0v) is 29.7. The van der Waals surface area contributed by atoms with Gasteiger partial charge in [-0.05, 0) is 73.5 Å². The maximum atomic E-state index is 14.5. The second kappa shape index (κ2) is 16.2. The van der Waals surface area contributed by atoms with Crippen molar-refractivity contribution in [3.8, 4) is 11.5 Å². The summed E-state index contributed by atoms with van der Waals surface area (Å²) in [5.74, 6) is -0.371. The van der Waals surface area contributed by atoms with Crippen LogP contribution in [0.3, 0.4) is 0 Å². The Morgan fingerprint density at radius 3 is 2.09 bits per heavy atom. The molecule has 4 aromatic rings. The van der Waals surface area contributed by atoms with E-state index in [4.69, 9.17) is 21.1 Å². The average Bonchev–Trinajstić information content (AvgIpc) is 3.06. The zero-order chi connectivity index (χ0) is 34.1. The van der Waals surface area contributed by atoms with Crippen LogP contribution < -0.4 is 19.1 Å². The van der Waals surface area contributed by atoms with Gasteiger partial charge < -0.3 is 19.7 Å². The van der Waals surface area contributed by atoms with Gasteiger partial charge in [-0.15, -0.1) is 0 Å². The summed E-state index contributed by atoms with van der Waals surface area (Å²) < 4.78 is 41.2. The third-order valence-corrected chi connectivity index (χ3v) is 9.86. The maximum Gasteiger partial charge on any atom is 0.264 e. The highest BCUT2D eigenvalue weighted by atomic mass is 79.9. The molecule has 0 saturated carbocycles. The average molecular weight is 743 g/mol. The Kier molecular flexibility index (Phi) is 12.3. The molecular weight excluding hydrogens is 706 g/mol. The molecule has 0 aromatic heterocycles. The number of anilines is 1. The minimum Gasteiger partial charge on any atom is -0.493 e. The van der Waals surface area contributed by atoms with Crippen molar-refractivity contribution in [1.29, 1.82) is 0 Å². The van der Waals surface area contributed by atoms with Crippen molar-refractivity contribution >= 4 is 55.1 Å². The Morgan fingerprint density at radius 2 is 1.49 bits per heavy atom. The Bertz CT molecular complexity index is 1770. The van der Waals surface area contributed by atoms with Gasteiger partial charge in [0.15, 0.2) is 11.5 Å². The lowest BCUT2D eigenvalue weighted by molar-refractivity contribution is -0.140. The van der Waals surface area contributed by atoms with Gasteiger partial charge in [0.2, 0.25) is 11.8 Å². The van der Waals surface area contributed by atoms with Gasteiger partial charge in [-0.3, -0.25) is 13.9 Å². The standard InChI is InChI=1S/C35H37BrClN3O6S/c1-24(2)38-35(42)31(20-25-8-6-5-7-9-25)39(22-26-10-12-27(36)13-11-26)34(41)23-40(29-16-14-28(37)15-17-29)47(43,44)30-18-19-32(45-3)33(21-30)46-4/h5-19,21,24,31H,20,22-23H2,1-4H3,(H,38,42)/t31-/m0/s1. The SMILES string of the molecule is COc1ccc(S(=O)(=O)N(CC(=O)N(Cc2ccc(Br)cc2)[C@@H](Cc2ccccc2)C(=O)NC(C)C)c2ccc(Cl)cc2)cc1OC. The number of nitrogens with one attached hydrogen (secondary N) is 1. The number of amides is 2. The maximum absolute atomic E-state index is 14.5. The molecule has 248 valence electrons. The van der Waals surface area contributed by atoms with E-state index < -0.39 is 28.5 Å². The number of carbonyl (C=O) groups excluding carboxylic acids is 2. The summed E-state index contributed by atoms with van der Waals surface area (Å²) >= 11 is 9.60. The minimum absolute atomic E-state index is 0.0555. The number of rotatable bonds is 14. The molecule has 2 amide bonds. The van der Waals surface area contributed by atoms with E-state index >= 15 is 0 Å². The molecule has 12 heteroatoms. The van der Waals surface area contributed by atoms with Crippen molar-refractivity contribution < 1.29 is 27.5 Å². The first-order valence-corrected chi connectivity index (χ1v) is 17.4. The van der Waals surface area contributed by atoms with E-state index in [2.05, 4.69) is 21.2 Å². The topological polar surface area (TPSA) is 105 Å². The largest absolute Gasteiger partial charge is 0.493 e. The van der Waals surface area contributed by atoms with Crippen molar-refractivity contribution in [3.63, 3.8) is 0 Å². The molecule has 9 nitrogen and oxygen atoms in total. The number of nitrogens with zero attached hydrogens (tertiary/aromatic N) is 2. The molecule has 0 fully saturated rings. The smallest absolute Gasteiger partial charge is 0.264 e. The number of carbonyl (C=O) groups is 2. The van der Waals surface area contributed by atoms with Crippen molar-refractivity contribution in [3.05, 3.63) is 118 Å². The molecule has 47 heavy (non-hydrogen) atoms. The molecule has 1 N–H and O–H groups in total. The Morgan fingerprint density at radius 1 is 0.851 bits per heavy atom. The van der Waals surface area contributed by atoms with Crippen LogP contribution in [-0.2, 0) is 32.6 Å². The normalized spacial score (nSPS) is 11.9. The lowest BCUT2D eigenvalue weighted by atomic mass is 10.0. The third kappa shape index (κ3) is 9.27. The molecule has 1 atom stereocenters. The van der Waals surface area contributed by atoms with E-state index in [1.54, 1.807) is 12.1 Å². The predicted molar refractivity (Wildman–Crippen MR) is 187 cm³/mol. The first-order valence-electron chi connectivity index (χ1n) is 14.8. The summed E-state index contributed by atoms with van der Waals surface area (Å²) in [5, 5.41) is 3.35. The van der Waals surface area contributed by atoms with E-state index in [0.29, 0.717) is 10.8 Å². The van der Waals surface area contributed by atoms with Crippen LogP contribution in [0, 0.1) is 0 Å². The fourth-order valence-electron chi connectivity index (χ4n) is 4.96. The molecule has 4 aromatic carbocycles.